The largest absolute Gasteiger partial charge is 0.504 e. The van der Waals surface area contributed by atoms with Crippen molar-refractivity contribution < 1.29 is 53.4 Å². The number of carbonyl (C=O) groups is 4. The van der Waals surface area contributed by atoms with Crippen LogP contribution in [0.15, 0.2) is 23.0 Å². The van der Waals surface area contributed by atoms with Crippen LogP contribution in [-0.4, -0.2) is 82.7 Å². The number of aliphatic hydroxyl groups is 3. The molecule has 7 unspecified atom stereocenters. The molecule has 11 nitrogen and oxygen atoms in total. The summed E-state index contributed by atoms with van der Waals surface area (Å²) in [5.41, 5.74) is -3.50. The molecule has 0 amide bonds. The van der Waals surface area contributed by atoms with E-state index in [1.807, 2.05) is 0 Å². The molecule has 5 rings (SSSR count). The summed E-state index contributed by atoms with van der Waals surface area (Å²) in [4.78, 5) is 52.2. The molecule has 202 valence electrons. The summed E-state index contributed by atoms with van der Waals surface area (Å²) >= 11 is 0. The third-order valence-corrected chi connectivity index (χ3v) is 9.49. The molecule has 0 radical (unpaired) electrons. The standard InChI is InChI=1S/C26H32O11/c1-10(2)6-15(28)37-18-20-25-9-35-26(20,23(33)34-5)21(31)17(30)19(25)24(4)8-13(27)16(29)11(3)12(24)7-14(25)36-22(18)32/h6,12,14,17-21,29-31H,7-9H2,1-5H3/t12-,14?,17?,18?,19?,20?,21-,24?,25?,26+/m0/s1. The van der Waals surface area contributed by atoms with Crippen LogP contribution < -0.4 is 0 Å². The Bertz CT molecular complexity index is 1150. The first-order chi connectivity index (χ1) is 17.3. The number of carbonyl (C=O) groups excluding carboxylic acids is 4. The Kier molecular flexibility index (Phi) is 5.68. The van der Waals surface area contributed by atoms with Crippen LogP contribution in [0, 0.1) is 28.6 Å². The van der Waals surface area contributed by atoms with E-state index in [0.29, 0.717) is 11.1 Å². The van der Waals surface area contributed by atoms with Gasteiger partial charge in [0, 0.05) is 23.8 Å². The summed E-state index contributed by atoms with van der Waals surface area (Å²) < 4.78 is 22.5. The molecule has 11 heteroatoms. The van der Waals surface area contributed by atoms with Crippen molar-refractivity contribution in [1.29, 1.82) is 0 Å². The summed E-state index contributed by atoms with van der Waals surface area (Å²) in [6.45, 7) is 6.53. The average Bonchev–Trinajstić information content (AvgIpc) is 3.12. The monoisotopic (exact) mass is 520 g/mol. The molecular weight excluding hydrogens is 488 g/mol. The third kappa shape index (κ3) is 3.04. The van der Waals surface area contributed by atoms with Gasteiger partial charge in [-0.1, -0.05) is 12.5 Å². The Morgan fingerprint density at radius 3 is 2.46 bits per heavy atom. The van der Waals surface area contributed by atoms with E-state index in [-0.39, 0.29) is 25.2 Å². The van der Waals surface area contributed by atoms with Crippen molar-refractivity contribution in [1.82, 2.24) is 0 Å². The quantitative estimate of drug-likeness (QED) is 0.270. The maximum absolute atomic E-state index is 13.4. The zero-order valence-electron chi connectivity index (χ0n) is 21.3. The van der Waals surface area contributed by atoms with Gasteiger partial charge in [0.15, 0.2) is 11.5 Å². The van der Waals surface area contributed by atoms with E-state index in [0.717, 1.165) is 7.11 Å². The first-order valence-electron chi connectivity index (χ1n) is 12.3. The van der Waals surface area contributed by atoms with Gasteiger partial charge in [-0.3, -0.25) is 4.79 Å². The van der Waals surface area contributed by atoms with Crippen LogP contribution in [0.4, 0.5) is 0 Å². The first kappa shape index (κ1) is 25.9. The van der Waals surface area contributed by atoms with Gasteiger partial charge in [0.05, 0.1) is 25.7 Å². The minimum atomic E-state index is -2.22. The number of hydrogen-bond acceptors (Lipinski definition) is 11. The number of methoxy groups -OCH3 is 1. The Balaban J connectivity index is 1.74. The van der Waals surface area contributed by atoms with Crippen molar-refractivity contribution in [2.45, 2.75) is 70.6 Å². The van der Waals surface area contributed by atoms with Gasteiger partial charge >= 0.3 is 17.9 Å². The number of Topliss-reactive ketones (excluding diaryl/α,β-unsaturated/α-hetero) is 1. The first-order valence-corrected chi connectivity index (χ1v) is 12.3. The minimum Gasteiger partial charge on any atom is -0.504 e. The second-order valence-electron chi connectivity index (χ2n) is 11.5. The minimum absolute atomic E-state index is 0.141. The number of hydrogen-bond donors (Lipinski definition) is 3. The lowest BCUT2D eigenvalue weighted by Crippen LogP contribution is -2.79. The van der Waals surface area contributed by atoms with Gasteiger partial charge in [-0.2, -0.15) is 0 Å². The molecule has 4 fully saturated rings. The normalized spacial score (nSPS) is 45.9. The summed E-state index contributed by atoms with van der Waals surface area (Å²) in [7, 11) is 1.09. The third-order valence-electron chi connectivity index (χ3n) is 9.49. The molecule has 3 N–H and O–H groups in total. The van der Waals surface area contributed by atoms with Crippen molar-refractivity contribution in [2.24, 2.45) is 28.6 Å². The molecule has 2 saturated heterocycles. The molecule has 5 aliphatic rings. The Morgan fingerprint density at radius 2 is 1.84 bits per heavy atom. The number of ether oxygens (including phenoxy) is 4. The van der Waals surface area contributed by atoms with Gasteiger partial charge in [-0.25, -0.2) is 14.4 Å². The van der Waals surface area contributed by atoms with E-state index in [2.05, 4.69) is 0 Å². The average molecular weight is 521 g/mol. The molecule has 3 aliphatic carbocycles. The highest BCUT2D eigenvalue weighted by molar-refractivity contribution is 5.95. The van der Waals surface area contributed by atoms with E-state index in [9.17, 15) is 34.5 Å². The number of esters is 3. The van der Waals surface area contributed by atoms with Crippen molar-refractivity contribution in [3.63, 3.8) is 0 Å². The summed E-state index contributed by atoms with van der Waals surface area (Å²) in [5.74, 6) is -6.30. The molecule has 2 heterocycles. The molecule has 2 aliphatic heterocycles. The van der Waals surface area contributed by atoms with Gasteiger partial charge in [-0.05, 0) is 44.1 Å². The SMILES string of the molecule is COC(=O)[C@]12OCC34C(C[C@H]5C(C)=C(O)C(=O)CC5(C)C3C(O)[C@@H]1O)OC(=O)C(OC(=O)C=C(C)C)C42. The van der Waals surface area contributed by atoms with Gasteiger partial charge in [0.1, 0.15) is 12.2 Å². The smallest absolute Gasteiger partial charge is 0.348 e. The fourth-order valence-electron chi connectivity index (χ4n) is 8.25. The summed E-state index contributed by atoms with van der Waals surface area (Å²) in [6, 6.07) is 0. The Morgan fingerprint density at radius 1 is 1.16 bits per heavy atom. The van der Waals surface area contributed by atoms with Crippen LogP contribution >= 0.6 is 0 Å². The molecule has 1 spiro atoms. The zero-order chi connectivity index (χ0) is 27.2. The summed E-state index contributed by atoms with van der Waals surface area (Å²) in [6.07, 6.45) is -4.79. The number of aliphatic hydroxyl groups excluding tert-OH is 3. The lowest BCUT2D eigenvalue weighted by atomic mass is 9.38. The van der Waals surface area contributed by atoms with E-state index >= 15 is 0 Å². The fraction of sp³-hybridized carbons (Fsp3) is 0.692. The predicted molar refractivity (Wildman–Crippen MR) is 122 cm³/mol. The van der Waals surface area contributed by atoms with Gasteiger partial charge in [0.2, 0.25) is 11.7 Å². The number of ketones is 1. The maximum atomic E-state index is 13.4. The number of fused-ring (bicyclic) bond motifs is 2. The zero-order valence-corrected chi connectivity index (χ0v) is 21.3. The highest BCUT2D eigenvalue weighted by atomic mass is 16.6. The number of allylic oxidation sites excluding steroid dienone is 3. The topological polar surface area (TPSA) is 166 Å². The molecule has 37 heavy (non-hydrogen) atoms. The lowest BCUT2D eigenvalue weighted by molar-refractivity contribution is -0.290. The van der Waals surface area contributed by atoms with Crippen LogP contribution in [0.1, 0.15) is 40.5 Å². The van der Waals surface area contributed by atoms with Crippen molar-refractivity contribution >= 4 is 23.7 Å². The van der Waals surface area contributed by atoms with Gasteiger partial charge in [0.25, 0.3) is 0 Å². The van der Waals surface area contributed by atoms with Crippen molar-refractivity contribution in [2.75, 3.05) is 13.7 Å². The Hall–Kier alpha value is -2.76. The molecule has 0 aromatic carbocycles. The number of rotatable bonds is 3. The van der Waals surface area contributed by atoms with Crippen LogP contribution in [-0.2, 0) is 38.1 Å². The van der Waals surface area contributed by atoms with Crippen LogP contribution in [0.5, 0.6) is 0 Å². The van der Waals surface area contributed by atoms with Crippen LogP contribution in [0.2, 0.25) is 0 Å². The van der Waals surface area contributed by atoms with Gasteiger partial charge in [-0.15, -0.1) is 0 Å². The van der Waals surface area contributed by atoms with E-state index in [1.165, 1.54) is 6.08 Å². The molecule has 0 aromatic heterocycles. The highest BCUT2D eigenvalue weighted by Gasteiger charge is 2.85. The van der Waals surface area contributed by atoms with E-state index in [1.54, 1.807) is 27.7 Å². The maximum Gasteiger partial charge on any atom is 0.348 e. The second kappa shape index (κ2) is 8.12. The molecular formula is C26H32O11. The highest BCUT2D eigenvalue weighted by Crippen LogP contribution is 2.72. The predicted octanol–water partition coefficient (Wildman–Crippen LogP) is 0.517. The van der Waals surface area contributed by atoms with Crippen molar-refractivity contribution in [3.05, 3.63) is 23.0 Å². The van der Waals surface area contributed by atoms with E-state index in [4.69, 9.17) is 18.9 Å². The molecule has 2 bridgehead atoms. The van der Waals surface area contributed by atoms with Gasteiger partial charge < -0.3 is 34.3 Å². The fourth-order valence-corrected chi connectivity index (χ4v) is 8.25. The van der Waals surface area contributed by atoms with Crippen LogP contribution in [0.25, 0.3) is 0 Å². The van der Waals surface area contributed by atoms with Crippen molar-refractivity contribution in [3.8, 4) is 0 Å². The van der Waals surface area contributed by atoms with E-state index < -0.39 is 82.3 Å². The lowest BCUT2D eigenvalue weighted by Gasteiger charge is -2.67. The second-order valence-corrected chi connectivity index (χ2v) is 11.5. The van der Waals surface area contributed by atoms with Crippen LogP contribution in [0.3, 0.4) is 0 Å². The molecule has 10 atom stereocenters. The molecule has 2 saturated carbocycles. The molecule has 0 aromatic rings. The summed E-state index contributed by atoms with van der Waals surface area (Å²) in [5, 5.41) is 33.6. The Labute approximate surface area is 213 Å².